The van der Waals surface area contributed by atoms with Gasteiger partial charge in [0, 0.05) is 17.8 Å². The molecule has 3 amide bonds. The number of ether oxygens (including phenoxy) is 1. The van der Waals surface area contributed by atoms with Crippen LogP contribution in [0.2, 0.25) is 0 Å². The topological polar surface area (TPSA) is 128 Å². The number of hydrogen-bond acceptors (Lipinski definition) is 5. The van der Waals surface area contributed by atoms with Crippen molar-refractivity contribution < 1.29 is 19.1 Å². The van der Waals surface area contributed by atoms with Crippen LogP contribution in [0, 0.1) is 0 Å². The molecule has 9 nitrogen and oxygen atoms in total. The molecule has 0 unspecified atom stereocenters. The van der Waals surface area contributed by atoms with Crippen molar-refractivity contribution in [2.24, 2.45) is 5.73 Å². The van der Waals surface area contributed by atoms with Crippen LogP contribution >= 0.6 is 0 Å². The van der Waals surface area contributed by atoms with E-state index in [1.54, 1.807) is 43.5 Å². The summed E-state index contributed by atoms with van der Waals surface area (Å²) in [4.78, 5) is 40.9. The fourth-order valence-corrected chi connectivity index (χ4v) is 2.97. The van der Waals surface area contributed by atoms with Gasteiger partial charge < -0.3 is 20.4 Å². The normalized spacial score (nSPS) is 11.0. The van der Waals surface area contributed by atoms with E-state index in [0.29, 0.717) is 12.2 Å². The second-order valence-electron chi connectivity index (χ2n) is 8.08. The summed E-state index contributed by atoms with van der Waals surface area (Å²) in [6, 6.07) is 15.8. The molecule has 1 heterocycles. The maximum atomic E-state index is 12.8. The van der Waals surface area contributed by atoms with Crippen molar-refractivity contribution in [1.29, 1.82) is 0 Å². The Kier molecular flexibility index (Phi) is 6.58. The van der Waals surface area contributed by atoms with Gasteiger partial charge in [0.2, 0.25) is 0 Å². The Bertz CT molecular complexity index is 1130. The van der Waals surface area contributed by atoms with Crippen molar-refractivity contribution in [3.8, 4) is 0 Å². The molecule has 3 aromatic rings. The van der Waals surface area contributed by atoms with Crippen molar-refractivity contribution in [3.05, 3.63) is 77.7 Å². The molecule has 32 heavy (non-hydrogen) atoms. The molecule has 0 saturated carbocycles. The number of amides is 3. The maximum absolute atomic E-state index is 12.8. The quantitative estimate of drug-likeness (QED) is 0.545. The van der Waals surface area contributed by atoms with E-state index >= 15 is 0 Å². The second-order valence-corrected chi connectivity index (χ2v) is 8.08. The second kappa shape index (κ2) is 9.34. The van der Waals surface area contributed by atoms with Crippen LogP contribution in [-0.4, -0.2) is 33.1 Å². The van der Waals surface area contributed by atoms with Crippen LogP contribution < -0.4 is 16.4 Å². The molecule has 0 bridgehead atoms. The van der Waals surface area contributed by atoms with E-state index in [2.05, 4.69) is 15.6 Å². The number of anilines is 2. The maximum Gasteiger partial charge on any atom is 0.412 e. The minimum atomic E-state index is -0.714. The molecular formula is C23H25N5O4. The van der Waals surface area contributed by atoms with Gasteiger partial charge in [-0.3, -0.25) is 14.9 Å². The van der Waals surface area contributed by atoms with Crippen molar-refractivity contribution in [2.75, 3.05) is 10.6 Å². The summed E-state index contributed by atoms with van der Waals surface area (Å²) < 4.78 is 6.79. The van der Waals surface area contributed by atoms with Crippen LogP contribution in [-0.2, 0) is 11.3 Å². The van der Waals surface area contributed by atoms with Crippen molar-refractivity contribution in [1.82, 2.24) is 9.55 Å². The van der Waals surface area contributed by atoms with E-state index < -0.39 is 23.5 Å². The van der Waals surface area contributed by atoms with E-state index in [-0.39, 0.29) is 17.1 Å². The Hall–Kier alpha value is -4.14. The Labute approximate surface area is 185 Å². The summed E-state index contributed by atoms with van der Waals surface area (Å²) in [5.41, 5.74) is 6.57. The first-order valence-corrected chi connectivity index (χ1v) is 9.92. The van der Waals surface area contributed by atoms with Crippen LogP contribution in [0.25, 0.3) is 0 Å². The van der Waals surface area contributed by atoms with Crippen LogP contribution in [0.15, 0.2) is 60.9 Å². The number of carbonyl (C=O) groups excluding carboxylic acids is 3. The van der Waals surface area contributed by atoms with E-state index in [1.807, 2.05) is 30.3 Å². The molecule has 0 atom stereocenters. The first-order valence-electron chi connectivity index (χ1n) is 9.92. The SMILES string of the molecule is CC(C)(C)OC(=O)Nc1cccc(C(=O)Nc2ncn(Cc3ccccc3)c2C(N)=O)c1. The lowest BCUT2D eigenvalue weighted by Gasteiger charge is -2.19. The first-order chi connectivity index (χ1) is 15.1. The van der Waals surface area contributed by atoms with E-state index in [4.69, 9.17) is 10.5 Å². The molecule has 0 aliphatic rings. The number of primary amides is 1. The van der Waals surface area contributed by atoms with E-state index in [9.17, 15) is 14.4 Å². The number of benzene rings is 2. The Morgan fingerprint density at radius 2 is 1.75 bits per heavy atom. The number of carbonyl (C=O) groups is 3. The number of nitrogens with zero attached hydrogens (tertiary/aromatic N) is 2. The number of aromatic nitrogens is 2. The molecule has 0 spiro atoms. The van der Waals surface area contributed by atoms with Gasteiger partial charge in [-0.05, 0) is 44.5 Å². The molecule has 4 N–H and O–H groups in total. The summed E-state index contributed by atoms with van der Waals surface area (Å²) >= 11 is 0. The van der Waals surface area contributed by atoms with Gasteiger partial charge in [-0.15, -0.1) is 0 Å². The predicted molar refractivity (Wildman–Crippen MR) is 121 cm³/mol. The lowest BCUT2D eigenvalue weighted by atomic mass is 10.2. The minimum absolute atomic E-state index is 0.0592. The molecule has 0 aliphatic carbocycles. The lowest BCUT2D eigenvalue weighted by molar-refractivity contribution is 0.0635. The fourth-order valence-electron chi connectivity index (χ4n) is 2.97. The highest BCUT2D eigenvalue weighted by molar-refractivity contribution is 6.08. The molecule has 3 rings (SSSR count). The zero-order valence-electron chi connectivity index (χ0n) is 18.1. The van der Waals surface area contributed by atoms with Gasteiger partial charge in [0.15, 0.2) is 11.5 Å². The van der Waals surface area contributed by atoms with Crippen LogP contribution in [0.3, 0.4) is 0 Å². The van der Waals surface area contributed by atoms with Gasteiger partial charge >= 0.3 is 6.09 Å². The van der Waals surface area contributed by atoms with Crippen molar-refractivity contribution >= 4 is 29.4 Å². The summed E-state index contributed by atoms with van der Waals surface area (Å²) in [5, 5.41) is 5.20. The van der Waals surface area contributed by atoms with Gasteiger partial charge in [-0.25, -0.2) is 9.78 Å². The average molecular weight is 435 g/mol. The molecule has 1 aromatic heterocycles. The summed E-state index contributed by atoms with van der Waals surface area (Å²) in [6.07, 6.45) is 0.814. The molecule has 0 aliphatic heterocycles. The zero-order valence-corrected chi connectivity index (χ0v) is 18.1. The highest BCUT2D eigenvalue weighted by Crippen LogP contribution is 2.18. The fraction of sp³-hybridized carbons (Fsp3) is 0.217. The standard InChI is InChI=1S/C23H25N5O4/c1-23(2,3)32-22(31)26-17-11-7-10-16(12-17)21(30)27-20-18(19(24)29)28(14-25-20)13-15-8-5-4-6-9-15/h4-12,14H,13H2,1-3H3,(H2,24,29)(H,26,31)(H,27,30). The third kappa shape index (κ3) is 5.94. The summed E-state index contributed by atoms with van der Waals surface area (Å²) in [6.45, 7) is 5.63. The molecular weight excluding hydrogens is 410 g/mol. The smallest absolute Gasteiger partial charge is 0.412 e. The van der Waals surface area contributed by atoms with Gasteiger partial charge in [0.05, 0.1) is 6.33 Å². The van der Waals surface area contributed by atoms with E-state index in [0.717, 1.165) is 5.56 Å². The monoisotopic (exact) mass is 435 g/mol. The number of nitrogens with two attached hydrogens (primary N) is 1. The van der Waals surface area contributed by atoms with E-state index in [1.165, 1.54) is 12.4 Å². The first kappa shape index (κ1) is 22.5. The number of imidazole rings is 1. The third-order valence-electron chi connectivity index (χ3n) is 4.27. The molecule has 0 saturated heterocycles. The van der Waals surface area contributed by atoms with Crippen LogP contribution in [0.5, 0.6) is 0 Å². The van der Waals surface area contributed by atoms with Gasteiger partial charge in [-0.1, -0.05) is 36.4 Å². The van der Waals surface area contributed by atoms with Gasteiger partial charge in [-0.2, -0.15) is 0 Å². The lowest BCUT2D eigenvalue weighted by Crippen LogP contribution is -2.27. The van der Waals surface area contributed by atoms with Gasteiger partial charge in [0.1, 0.15) is 5.60 Å². The molecule has 0 fully saturated rings. The largest absolute Gasteiger partial charge is 0.444 e. The highest BCUT2D eigenvalue weighted by Gasteiger charge is 2.20. The Morgan fingerprint density at radius 3 is 2.41 bits per heavy atom. The number of nitrogens with one attached hydrogen (secondary N) is 2. The van der Waals surface area contributed by atoms with Gasteiger partial charge in [0.25, 0.3) is 11.8 Å². The number of rotatable bonds is 6. The highest BCUT2D eigenvalue weighted by atomic mass is 16.6. The third-order valence-corrected chi connectivity index (χ3v) is 4.27. The summed E-state index contributed by atoms with van der Waals surface area (Å²) in [5.74, 6) is -1.16. The molecule has 0 radical (unpaired) electrons. The molecule has 166 valence electrons. The number of hydrogen-bond donors (Lipinski definition) is 3. The molecule has 9 heteroatoms. The van der Waals surface area contributed by atoms with Crippen molar-refractivity contribution in [3.63, 3.8) is 0 Å². The average Bonchev–Trinajstić information content (AvgIpc) is 3.09. The molecule has 2 aromatic carbocycles. The van der Waals surface area contributed by atoms with Crippen LogP contribution in [0.1, 0.15) is 47.2 Å². The predicted octanol–water partition coefficient (Wildman–Crippen LogP) is 3.63. The zero-order chi connectivity index (χ0) is 23.3. The summed E-state index contributed by atoms with van der Waals surface area (Å²) in [7, 11) is 0. The Balaban J connectivity index is 1.76. The minimum Gasteiger partial charge on any atom is -0.444 e. The Morgan fingerprint density at radius 1 is 1.03 bits per heavy atom. The van der Waals surface area contributed by atoms with Crippen LogP contribution in [0.4, 0.5) is 16.3 Å². The van der Waals surface area contributed by atoms with Crippen molar-refractivity contribution in [2.45, 2.75) is 32.9 Å².